The zero-order valence-electron chi connectivity index (χ0n) is 24.1. The Morgan fingerprint density at radius 2 is 1.74 bits per heavy atom. The molecular formula is C33H34Cl2FN3O4. The van der Waals surface area contributed by atoms with E-state index >= 15 is 0 Å². The van der Waals surface area contributed by atoms with Gasteiger partial charge < -0.3 is 24.6 Å². The zero-order chi connectivity index (χ0) is 30.5. The van der Waals surface area contributed by atoms with E-state index in [2.05, 4.69) is 5.32 Å². The third-order valence-electron chi connectivity index (χ3n) is 7.77. The second-order valence-electron chi connectivity index (χ2n) is 10.6. The summed E-state index contributed by atoms with van der Waals surface area (Å²) in [7, 11) is 0. The third kappa shape index (κ3) is 7.32. The van der Waals surface area contributed by atoms with E-state index in [1.165, 1.54) is 18.2 Å². The van der Waals surface area contributed by atoms with Crippen molar-refractivity contribution >= 4 is 40.6 Å². The number of carbonyl (C=O) groups excluding carboxylic acids is 2. The maximum absolute atomic E-state index is 14.2. The first kappa shape index (κ1) is 30.9. The molecule has 2 atom stereocenters. The van der Waals surface area contributed by atoms with Crippen molar-refractivity contribution in [3.63, 3.8) is 0 Å². The van der Waals surface area contributed by atoms with Crippen LogP contribution in [0, 0.1) is 5.82 Å². The number of amides is 2. The van der Waals surface area contributed by atoms with Gasteiger partial charge in [-0.25, -0.2) is 4.39 Å². The molecule has 1 saturated heterocycles. The Labute approximate surface area is 261 Å². The highest BCUT2D eigenvalue weighted by atomic mass is 35.5. The standard InChI is InChI=1S/C33H34Cl2FN3O4/c1-3-38(18-23-6-4-5-7-28(23)34)33(41)32-27(17-25-19-39(21(2)40)20-30(32)37-25)22-8-11-26(12-9-22)42-14-15-43-31-16-24(36)10-13-29(31)35/h4-13,16,25,30,37H,3,14-15,17-20H2,1-2H3/t25-,30-/m1/s1. The molecule has 3 aromatic rings. The number of nitrogens with one attached hydrogen (secondary N) is 1. The quantitative estimate of drug-likeness (QED) is 0.281. The number of piperazine rings is 1. The van der Waals surface area contributed by atoms with Gasteiger partial charge in [0, 0.05) is 55.8 Å². The number of benzene rings is 3. The number of halogens is 3. The molecule has 0 spiro atoms. The molecule has 2 amide bonds. The van der Waals surface area contributed by atoms with Gasteiger partial charge in [-0.05, 0) is 60.4 Å². The molecule has 2 bridgehead atoms. The summed E-state index contributed by atoms with van der Waals surface area (Å²) in [6.45, 7) is 5.85. The van der Waals surface area contributed by atoms with E-state index in [0.717, 1.165) is 16.7 Å². The van der Waals surface area contributed by atoms with Crippen LogP contribution in [0.15, 0.2) is 72.3 Å². The molecule has 1 fully saturated rings. The van der Waals surface area contributed by atoms with Gasteiger partial charge in [-0.15, -0.1) is 0 Å². The van der Waals surface area contributed by atoms with Crippen LogP contribution in [-0.2, 0) is 16.1 Å². The first-order chi connectivity index (χ1) is 20.7. The fourth-order valence-corrected chi connectivity index (χ4v) is 5.97. The van der Waals surface area contributed by atoms with Crippen LogP contribution in [0.5, 0.6) is 11.5 Å². The maximum atomic E-state index is 14.2. The van der Waals surface area contributed by atoms with Crippen LogP contribution in [0.2, 0.25) is 10.0 Å². The fourth-order valence-electron chi connectivity index (χ4n) is 5.61. The monoisotopic (exact) mass is 625 g/mol. The van der Waals surface area contributed by atoms with Gasteiger partial charge in [-0.3, -0.25) is 9.59 Å². The largest absolute Gasteiger partial charge is 0.490 e. The van der Waals surface area contributed by atoms with Crippen LogP contribution in [-0.4, -0.2) is 66.5 Å². The van der Waals surface area contributed by atoms with Crippen molar-refractivity contribution < 1.29 is 23.5 Å². The van der Waals surface area contributed by atoms with Gasteiger partial charge in [0.05, 0.1) is 11.1 Å². The van der Waals surface area contributed by atoms with Gasteiger partial charge in [0.1, 0.15) is 30.5 Å². The molecule has 0 aliphatic carbocycles. The normalized spacial score (nSPS) is 17.9. The van der Waals surface area contributed by atoms with Crippen LogP contribution in [0.4, 0.5) is 4.39 Å². The molecule has 7 nitrogen and oxygen atoms in total. The lowest BCUT2D eigenvalue weighted by molar-refractivity contribution is -0.132. The smallest absolute Gasteiger partial charge is 0.252 e. The second-order valence-corrected chi connectivity index (χ2v) is 11.5. The van der Waals surface area contributed by atoms with Crippen molar-refractivity contribution in [3.8, 4) is 11.5 Å². The molecule has 2 aliphatic rings. The van der Waals surface area contributed by atoms with Gasteiger partial charge in [0.2, 0.25) is 5.91 Å². The second kappa shape index (κ2) is 13.8. The van der Waals surface area contributed by atoms with Gasteiger partial charge in [-0.1, -0.05) is 53.5 Å². The summed E-state index contributed by atoms with van der Waals surface area (Å²) < 4.78 is 24.9. The number of fused-ring (bicyclic) bond motifs is 2. The van der Waals surface area contributed by atoms with E-state index in [0.29, 0.717) is 54.0 Å². The highest BCUT2D eigenvalue weighted by molar-refractivity contribution is 6.32. The van der Waals surface area contributed by atoms with Crippen molar-refractivity contribution in [1.29, 1.82) is 0 Å². The molecule has 10 heteroatoms. The lowest BCUT2D eigenvalue weighted by Crippen LogP contribution is -2.61. The minimum absolute atomic E-state index is 0.000292. The summed E-state index contributed by atoms with van der Waals surface area (Å²) in [6, 6.07) is 18.9. The molecular weight excluding hydrogens is 592 g/mol. The molecule has 2 heterocycles. The van der Waals surface area contributed by atoms with E-state index in [-0.39, 0.29) is 42.9 Å². The summed E-state index contributed by atoms with van der Waals surface area (Å²) in [4.78, 5) is 30.1. The fraction of sp³-hybridized carbons (Fsp3) is 0.333. The molecule has 226 valence electrons. The van der Waals surface area contributed by atoms with E-state index < -0.39 is 5.82 Å². The van der Waals surface area contributed by atoms with E-state index in [9.17, 15) is 14.0 Å². The Morgan fingerprint density at radius 1 is 1.00 bits per heavy atom. The third-order valence-corrected chi connectivity index (χ3v) is 8.46. The molecule has 43 heavy (non-hydrogen) atoms. The van der Waals surface area contributed by atoms with Gasteiger partial charge >= 0.3 is 0 Å². The van der Waals surface area contributed by atoms with Crippen LogP contribution in [0.3, 0.4) is 0 Å². The predicted molar refractivity (Wildman–Crippen MR) is 166 cm³/mol. The summed E-state index contributed by atoms with van der Waals surface area (Å²) in [5.41, 5.74) is 3.45. The molecule has 3 aromatic carbocycles. The van der Waals surface area contributed by atoms with Crippen LogP contribution in [0.1, 0.15) is 31.4 Å². The molecule has 0 aromatic heterocycles. The van der Waals surface area contributed by atoms with E-state index in [1.807, 2.05) is 60.4 Å². The first-order valence-electron chi connectivity index (χ1n) is 14.3. The van der Waals surface area contributed by atoms with E-state index in [1.54, 1.807) is 11.8 Å². The SMILES string of the molecule is CCN(Cc1ccccc1Cl)C(=O)C1=C(c2ccc(OCCOc3cc(F)ccc3Cl)cc2)C[C@@H]2CN(C(C)=O)C[C@H]1N2. The van der Waals surface area contributed by atoms with Crippen LogP contribution < -0.4 is 14.8 Å². The highest BCUT2D eigenvalue weighted by Gasteiger charge is 2.40. The Hall–Kier alpha value is -3.59. The number of rotatable bonds is 10. The number of hydrogen-bond donors (Lipinski definition) is 1. The number of ether oxygens (including phenoxy) is 2. The highest BCUT2D eigenvalue weighted by Crippen LogP contribution is 2.35. The molecule has 2 aliphatic heterocycles. The summed E-state index contributed by atoms with van der Waals surface area (Å²) in [5, 5.41) is 4.54. The Kier molecular flexibility index (Phi) is 9.90. The molecule has 0 saturated carbocycles. The van der Waals surface area contributed by atoms with E-state index in [4.69, 9.17) is 32.7 Å². The minimum atomic E-state index is -0.426. The van der Waals surface area contributed by atoms with Gasteiger partial charge in [0.25, 0.3) is 5.91 Å². The maximum Gasteiger partial charge on any atom is 0.252 e. The topological polar surface area (TPSA) is 71.1 Å². The van der Waals surface area contributed by atoms with Crippen LogP contribution in [0.25, 0.3) is 5.57 Å². The molecule has 1 N–H and O–H groups in total. The average Bonchev–Trinajstić information content (AvgIpc) is 3.00. The van der Waals surface area contributed by atoms with Crippen molar-refractivity contribution in [3.05, 3.63) is 99.3 Å². The zero-order valence-corrected chi connectivity index (χ0v) is 25.6. The first-order valence-corrected chi connectivity index (χ1v) is 15.1. The summed E-state index contributed by atoms with van der Waals surface area (Å²) in [5.74, 6) is 0.398. The average molecular weight is 627 g/mol. The van der Waals surface area contributed by atoms with Crippen molar-refractivity contribution in [2.75, 3.05) is 32.8 Å². The summed E-state index contributed by atoms with van der Waals surface area (Å²) >= 11 is 12.5. The Bertz CT molecular complexity index is 1510. The van der Waals surface area contributed by atoms with Gasteiger partial charge in [-0.2, -0.15) is 0 Å². The number of nitrogens with zero attached hydrogens (tertiary/aromatic N) is 2. The Balaban J connectivity index is 1.36. The van der Waals surface area contributed by atoms with Gasteiger partial charge in [0.15, 0.2) is 0 Å². The number of carbonyl (C=O) groups is 2. The minimum Gasteiger partial charge on any atom is -0.490 e. The molecule has 0 radical (unpaired) electrons. The molecule has 5 rings (SSSR count). The van der Waals surface area contributed by atoms with Crippen LogP contribution >= 0.6 is 23.2 Å². The number of likely N-dealkylation sites (N-methyl/N-ethyl adjacent to an activating group) is 1. The molecule has 0 unspecified atom stereocenters. The predicted octanol–water partition coefficient (Wildman–Crippen LogP) is 5.99. The van der Waals surface area contributed by atoms with Crippen molar-refractivity contribution in [1.82, 2.24) is 15.1 Å². The lowest BCUT2D eigenvalue weighted by Gasteiger charge is -2.44. The number of hydrogen-bond acceptors (Lipinski definition) is 5. The van der Waals surface area contributed by atoms with Crippen molar-refractivity contribution in [2.24, 2.45) is 0 Å². The lowest BCUT2D eigenvalue weighted by atomic mass is 9.83. The Morgan fingerprint density at radius 3 is 2.47 bits per heavy atom. The summed E-state index contributed by atoms with van der Waals surface area (Å²) in [6.07, 6.45) is 0.605. The van der Waals surface area contributed by atoms with Crippen molar-refractivity contribution in [2.45, 2.75) is 38.9 Å².